The number of para-hydroxylation sites is 1. The summed E-state index contributed by atoms with van der Waals surface area (Å²) in [5.41, 5.74) is 7.09. The molecular weight excluding hydrogens is 266 g/mol. The number of carbonyl (C=O) groups is 1. The predicted octanol–water partition coefficient (Wildman–Crippen LogP) is 3.50. The zero-order valence-corrected chi connectivity index (χ0v) is 12.7. The van der Waals surface area contributed by atoms with Gasteiger partial charge in [0.15, 0.2) is 0 Å². The minimum atomic E-state index is -0.569. The van der Waals surface area contributed by atoms with E-state index in [1.165, 1.54) is 4.57 Å². The molecule has 2 aromatic rings. The first-order valence-electron chi connectivity index (χ1n) is 7.10. The van der Waals surface area contributed by atoms with E-state index in [1.54, 1.807) is 0 Å². The standard InChI is InChI=1S/C16H21N3O2/c1-11(2)9-10-14-12(3)18-16(19(14)15(17)20)21-13-7-5-4-6-8-13/h4-8,11H,9-10H2,1-3H3,(H2,17,20). The number of nitrogens with two attached hydrogens (primary N) is 1. The first kappa shape index (κ1) is 15.1. The molecule has 0 fully saturated rings. The lowest BCUT2D eigenvalue weighted by Gasteiger charge is -2.09. The Bertz CT molecular complexity index is 618. The Kier molecular flexibility index (Phi) is 4.62. The normalized spacial score (nSPS) is 10.9. The fraction of sp³-hybridized carbons (Fsp3) is 0.375. The summed E-state index contributed by atoms with van der Waals surface area (Å²) in [5, 5.41) is 0. The number of rotatable bonds is 5. The molecule has 1 aromatic heterocycles. The average molecular weight is 287 g/mol. The average Bonchev–Trinajstić information content (AvgIpc) is 2.73. The Balaban J connectivity index is 2.33. The monoisotopic (exact) mass is 287 g/mol. The van der Waals surface area contributed by atoms with Gasteiger partial charge in [0.1, 0.15) is 5.75 Å². The van der Waals surface area contributed by atoms with E-state index in [-0.39, 0.29) is 6.01 Å². The van der Waals surface area contributed by atoms with Gasteiger partial charge in [0.25, 0.3) is 0 Å². The van der Waals surface area contributed by atoms with E-state index < -0.39 is 6.03 Å². The molecule has 0 aliphatic rings. The van der Waals surface area contributed by atoms with Gasteiger partial charge in [-0.3, -0.25) is 0 Å². The van der Waals surface area contributed by atoms with E-state index >= 15 is 0 Å². The van der Waals surface area contributed by atoms with Crippen molar-refractivity contribution >= 4 is 6.03 Å². The van der Waals surface area contributed by atoms with Crippen molar-refractivity contribution in [2.75, 3.05) is 0 Å². The maximum absolute atomic E-state index is 11.8. The molecule has 5 heteroatoms. The fourth-order valence-electron chi connectivity index (χ4n) is 2.14. The maximum Gasteiger partial charge on any atom is 0.327 e. The maximum atomic E-state index is 11.8. The number of primary amides is 1. The van der Waals surface area contributed by atoms with Gasteiger partial charge in [-0.05, 0) is 37.8 Å². The number of aromatic nitrogens is 2. The molecule has 0 radical (unpaired) electrons. The van der Waals surface area contributed by atoms with Crippen LogP contribution in [0.15, 0.2) is 30.3 Å². The Labute approximate surface area is 124 Å². The number of imidazole rings is 1. The van der Waals surface area contributed by atoms with E-state index in [0.717, 1.165) is 24.2 Å². The third-order valence-electron chi connectivity index (χ3n) is 3.27. The molecule has 0 bridgehead atoms. The van der Waals surface area contributed by atoms with Crippen LogP contribution < -0.4 is 10.5 Å². The zero-order chi connectivity index (χ0) is 15.4. The predicted molar refractivity (Wildman–Crippen MR) is 81.6 cm³/mol. The second-order valence-electron chi connectivity index (χ2n) is 5.45. The van der Waals surface area contributed by atoms with Crippen LogP contribution in [0.1, 0.15) is 31.7 Å². The number of aryl methyl sites for hydroxylation is 1. The highest BCUT2D eigenvalue weighted by molar-refractivity contribution is 5.77. The third-order valence-corrected chi connectivity index (χ3v) is 3.27. The zero-order valence-electron chi connectivity index (χ0n) is 12.7. The topological polar surface area (TPSA) is 70.1 Å². The van der Waals surface area contributed by atoms with Crippen LogP contribution in [0.2, 0.25) is 0 Å². The van der Waals surface area contributed by atoms with E-state index in [1.807, 2.05) is 37.3 Å². The number of ether oxygens (including phenoxy) is 1. The van der Waals surface area contributed by atoms with Crippen molar-refractivity contribution in [3.8, 4) is 11.8 Å². The molecule has 0 atom stereocenters. The molecular formula is C16H21N3O2. The van der Waals surface area contributed by atoms with Gasteiger partial charge < -0.3 is 10.5 Å². The second-order valence-corrected chi connectivity index (χ2v) is 5.45. The molecule has 2 rings (SSSR count). The molecule has 1 aromatic carbocycles. The second kappa shape index (κ2) is 6.43. The van der Waals surface area contributed by atoms with E-state index in [9.17, 15) is 4.79 Å². The summed E-state index contributed by atoms with van der Waals surface area (Å²) >= 11 is 0. The highest BCUT2D eigenvalue weighted by Gasteiger charge is 2.20. The summed E-state index contributed by atoms with van der Waals surface area (Å²) in [4.78, 5) is 16.1. The van der Waals surface area contributed by atoms with Crippen LogP contribution >= 0.6 is 0 Å². The Morgan fingerprint density at radius 3 is 2.57 bits per heavy atom. The quantitative estimate of drug-likeness (QED) is 0.915. The number of hydrogen-bond donors (Lipinski definition) is 1. The van der Waals surface area contributed by atoms with Crippen LogP contribution in [0, 0.1) is 12.8 Å². The van der Waals surface area contributed by atoms with Gasteiger partial charge in [-0.15, -0.1) is 0 Å². The van der Waals surface area contributed by atoms with Crippen molar-refractivity contribution in [2.24, 2.45) is 11.7 Å². The molecule has 0 aliphatic carbocycles. The molecule has 5 nitrogen and oxygen atoms in total. The van der Waals surface area contributed by atoms with Crippen LogP contribution in [0.4, 0.5) is 4.79 Å². The van der Waals surface area contributed by atoms with Crippen molar-refractivity contribution in [2.45, 2.75) is 33.6 Å². The number of amides is 1. The van der Waals surface area contributed by atoms with E-state index in [0.29, 0.717) is 11.7 Å². The number of carbonyl (C=O) groups excluding carboxylic acids is 1. The van der Waals surface area contributed by atoms with Crippen molar-refractivity contribution in [3.63, 3.8) is 0 Å². The van der Waals surface area contributed by atoms with Gasteiger partial charge in [-0.1, -0.05) is 32.0 Å². The van der Waals surface area contributed by atoms with Crippen LogP contribution in [0.25, 0.3) is 0 Å². The molecule has 0 saturated carbocycles. The molecule has 1 heterocycles. The summed E-state index contributed by atoms with van der Waals surface area (Å²) in [6.07, 6.45) is 1.71. The van der Waals surface area contributed by atoms with Gasteiger partial charge in [-0.2, -0.15) is 4.98 Å². The highest BCUT2D eigenvalue weighted by Crippen LogP contribution is 2.24. The molecule has 21 heavy (non-hydrogen) atoms. The largest absolute Gasteiger partial charge is 0.425 e. The Hall–Kier alpha value is -2.30. The lowest BCUT2D eigenvalue weighted by Crippen LogP contribution is -2.22. The van der Waals surface area contributed by atoms with Gasteiger partial charge in [0, 0.05) is 0 Å². The van der Waals surface area contributed by atoms with Gasteiger partial charge in [0.05, 0.1) is 11.4 Å². The summed E-state index contributed by atoms with van der Waals surface area (Å²) in [6.45, 7) is 6.15. The molecule has 0 saturated heterocycles. The summed E-state index contributed by atoms with van der Waals surface area (Å²) in [5.74, 6) is 1.17. The first-order chi connectivity index (χ1) is 9.99. The van der Waals surface area contributed by atoms with Crippen molar-refractivity contribution in [3.05, 3.63) is 41.7 Å². The number of hydrogen-bond acceptors (Lipinski definition) is 3. The SMILES string of the molecule is Cc1nc(Oc2ccccc2)n(C(N)=O)c1CCC(C)C. The molecule has 2 N–H and O–H groups in total. The van der Waals surface area contributed by atoms with Crippen LogP contribution in [-0.4, -0.2) is 15.6 Å². The van der Waals surface area contributed by atoms with Gasteiger partial charge >= 0.3 is 12.0 Å². The summed E-state index contributed by atoms with van der Waals surface area (Å²) < 4.78 is 7.06. The molecule has 112 valence electrons. The Morgan fingerprint density at radius 1 is 1.33 bits per heavy atom. The molecule has 0 unspecified atom stereocenters. The summed E-state index contributed by atoms with van der Waals surface area (Å²) in [7, 11) is 0. The van der Waals surface area contributed by atoms with Gasteiger partial charge in [0.2, 0.25) is 0 Å². The lowest BCUT2D eigenvalue weighted by atomic mass is 10.1. The van der Waals surface area contributed by atoms with Crippen LogP contribution in [-0.2, 0) is 6.42 Å². The first-order valence-corrected chi connectivity index (χ1v) is 7.10. The fourth-order valence-corrected chi connectivity index (χ4v) is 2.14. The third kappa shape index (κ3) is 3.62. The van der Waals surface area contributed by atoms with Gasteiger partial charge in [-0.25, -0.2) is 9.36 Å². The minimum absolute atomic E-state index is 0.227. The highest BCUT2D eigenvalue weighted by atomic mass is 16.5. The molecule has 1 amide bonds. The molecule has 0 aliphatic heterocycles. The molecule has 0 spiro atoms. The number of nitrogens with zero attached hydrogens (tertiary/aromatic N) is 2. The van der Waals surface area contributed by atoms with Crippen molar-refractivity contribution in [1.82, 2.24) is 9.55 Å². The van der Waals surface area contributed by atoms with Crippen molar-refractivity contribution < 1.29 is 9.53 Å². The smallest absolute Gasteiger partial charge is 0.327 e. The Morgan fingerprint density at radius 2 is 2.00 bits per heavy atom. The van der Waals surface area contributed by atoms with E-state index in [2.05, 4.69) is 18.8 Å². The van der Waals surface area contributed by atoms with Crippen molar-refractivity contribution in [1.29, 1.82) is 0 Å². The number of benzene rings is 1. The van der Waals surface area contributed by atoms with Crippen LogP contribution in [0.3, 0.4) is 0 Å². The lowest BCUT2D eigenvalue weighted by molar-refractivity contribution is 0.246. The van der Waals surface area contributed by atoms with E-state index in [4.69, 9.17) is 10.5 Å². The summed E-state index contributed by atoms with van der Waals surface area (Å²) in [6, 6.07) is 8.89. The van der Waals surface area contributed by atoms with Crippen LogP contribution in [0.5, 0.6) is 11.8 Å². The minimum Gasteiger partial charge on any atom is -0.425 e.